The molecule has 2 aliphatic rings. The van der Waals surface area contributed by atoms with Gasteiger partial charge in [0.1, 0.15) is 5.75 Å². The van der Waals surface area contributed by atoms with E-state index in [1.54, 1.807) is 6.07 Å². The minimum atomic E-state index is -3.51. The summed E-state index contributed by atoms with van der Waals surface area (Å²) in [5.41, 5.74) is 3.27. The van der Waals surface area contributed by atoms with E-state index in [9.17, 15) is 8.42 Å². The summed E-state index contributed by atoms with van der Waals surface area (Å²) in [6, 6.07) is 13.7. The molecule has 1 aliphatic heterocycles. The van der Waals surface area contributed by atoms with Crippen molar-refractivity contribution in [1.82, 2.24) is 4.72 Å². The molecular weight excluding hydrogens is 384 g/mol. The lowest BCUT2D eigenvalue weighted by molar-refractivity contribution is 0.340. The molecule has 154 valence electrons. The minimum Gasteiger partial charge on any atom is -0.494 e. The Kier molecular flexibility index (Phi) is 5.40. The van der Waals surface area contributed by atoms with Crippen molar-refractivity contribution in [2.24, 2.45) is 5.92 Å². The lowest BCUT2D eigenvalue weighted by Gasteiger charge is -2.37. The molecule has 5 nitrogen and oxygen atoms in total. The molecule has 4 rings (SSSR count). The highest BCUT2D eigenvalue weighted by atomic mass is 32.2. The third-order valence-electron chi connectivity index (χ3n) is 5.59. The number of benzene rings is 2. The van der Waals surface area contributed by atoms with Gasteiger partial charge < -0.3 is 10.1 Å². The van der Waals surface area contributed by atoms with Crippen molar-refractivity contribution in [2.75, 3.05) is 11.9 Å². The van der Waals surface area contributed by atoms with Gasteiger partial charge >= 0.3 is 0 Å². The van der Waals surface area contributed by atoms with Gasteiger partial charge in [-0.1, -0.05) is 24.3 Å². The molecule has 0 saturated carbocycles. The number of sulfonamides is 1. The molecule has 3 unspecified atom stereocenters. The number of rotatable bonds is 6. The summed E-state index contributed by atoms with van der Waals surface area (Å²) < 4.78 is 33.5. The zero-order chi connectivity index (χ0) is 20.6. The zero-order valence-corrected chi connectivity index (χ0v) is 17.9. The Balaban J connectivity index is 1.67. The number of anilines is 1. The second-order valence-corrected chi connectivity index (χ2v) is 9.72. The molecule has 1 heterocycles. The van der Waals surface area contributed by atoms with Crippen LogP contribution < -0.4 is 14.8 Å². The smallest absolute Gasteiger partial charge is 0.240 e. The fourth-order valence-electron chi connectivity index (χ4n) is 4.39. The molecule has 2 aromatic carbocycles. The van der Waals surface area contributed by atoms with Crippen LogP contribution in [0.15, 0.2) is 59.5 Å². The third kappa shape index (κ3) is 3.91. The molecule has 2 aromatic rings. The maximum absolute atomic E-state index is 12.6. The van der Waals surface area contributed by atoms with E-state index in [0.29, 0.717) is 17.4 Å². The van der Waals surface area contributed by atoms with Crippen LogP contribution in [-0.4, -0.2) is 21.1 Å². The second-order valence-electron chi connectivity index (χ2n) is 8.00. The fraction of sp³-hybridized carbons (Fsp3) is 0.391. The Hall–Kier alpha value is -2.31. The van der Waals surface area contributed by atoms with E-state index < -0.39 is 10.0 Å². The lowest BCUT2D eigenvalue weighted by atomic mass is 9.77. The normalized spacial score (nSPS) is 22.8. The predicted octanol–water partition coefficient (Wildman–Crippen LogP) is 4.60. The quantitative estimate of drug-likeness (QED) is 0.681. The molecule has 0 radical (unpaired) electrons. The van der Waals surface area contributed by atoms with Crippen molar-refractivity contribution in [2.45, 2.75) is 50.1 Å². The topological polar surface area (TPSA) is 67.4 Å². The summed E-state index contributed by atoms with van der Waals surface area (Å²) in [5.74, 6) is 1.44. The first-order chi connectivity index (χ1) is 13.9. The van der Waals surface area contributed by atoms with E-state index in [-0.39, 0.29) is 18.0 Å². The van der Waals surface area contributed by atoms with Crippen molar-refractivity contribution in [3.63, 3.8) is 0 Å². The van der Waals surface area contributed by atoms with Crippen LogP contribution >= 0.6 is 0 Å². The molecular formula is C23H28N2O3S. The highest BCUT2D eigenvalue weighted by Crippen LogP contribution is 2.50. The van der Waals surface area contributed by atoms with Crippen LogP contribution in [0.3, 0.4) is 0 Å². The van der Waals surface area contributed by atoms with Crippen molar-refractivity contribution in [1.29, 1.82) is 0 Å². The summed E-state index contributed by atoms with van der Waals surface area (Å²) in [6.07, 6.45) is 5.40. The highest BCUT2D eigenvalue weighted by molar-refractivity contribution is 7.89. The molecule has 2 N–H and O–H groups in total. The summed E-state index contributed by atoms with van der Waals surface area (Å²) in [7, 11) is -3.51. The lowest BCUT2D eigenvalue weighted by Crippen LogP contribution is -2.31. The van der Waals surface area contributed by atoms with Gasteiger partial charge in [0.15, 0.2) is 0 Å². The second kappa shape index (κ2) is 7.84. The maximum Gasteiger partial charge on any atom is 0.240 e. The number of ether oxygens (including phenoxy) is 1. The van der Waals surface area contributed by atoms with Crippen molar-refractivity contribution in [3.8, 4) is 5.75 Å². The molecule has 3 atom stereocenters. The fourth-order valence-corrected chi connectivity index (χ4v) is 5.67. The van der Waals surface area contributed by atoms with Gasteiger partial charge in [-0.05, 0) is 74.6 Å². The molecule has 0 bridgehead atoms. The molecule has 0 aromatic heterocycles. The average molecular weight is 413 g/mol. The summed E-state index contributed by atoms with van der Waals surface area (Å²) >= 11 is 0. The molecule has 1 aliphatic carbocycles. The van der Waals surface area contributed by atoms with E-state index >= 15 is 0 Å². The average Bonchev–Trinajstić information content (AvgIpc) is 3.17. The van der Waals surface area contributed by atoms with Gasteiger partial charge in [-0.2, -0.15) is 0 Å². The standard InChI is InChI=1S/C23H28N2O3S/c1-4-28-17-10-8-16(9-11-17)23-20-7-5-6-19(20)21-14-18(12-13-22(21)24-23)29(26,27)25-15(2)3/h5-6,8-15,19-20,23-25H,4,7H2,1-3H3. The Morgan fingerprint density at radius 1 is 1.17 bits per heavy atom. The number of fused-ring (bicyclic) bond motifs is 3. The summed E-state index contributed by atoms with van der Waals surface area (Å²) in [4.78, 5) is 0.324. The summed E-state index contributed by atoms with van der Waals surface area (Å²) in [5, 5.41) is 3.66. The number of hydrogen-bond acceptors (Lipinski definition) is 4. The van der Waals surface area contributed by atoms with Crippen LogP contribution in [0, 0.1) is 5.92 Å². The molecule has 29 heavy (non-hydrogen) atoms. The van der Waals surface area contributed by atoms with Crippen LogP contribution in [0.2, 0.25) is 0 Å². The van der Waals surface area contributed by atoms with E-state index in [4.69, 9.17) is 4.74 Å². The number of allylic oxidation sites excluding steroid dienone is 2. The molecule has 0 fully saturated rings. The van der Waals surface area contributed by atoms with Crippen LogP contribution in [0.1, 0.15) is 50.3 Å². The monoisotopic (exact) mass is 412 g/mol. The molecule has 6 heteroatoms. The number of nitrogens with one attached hydrogen (secondary N) is 2. The van der Waals surface area contributed by atoms with Gasteiger partial charge in [0, 0.05) is 17.6 Å². The van der Waals surface area contributed by atoms with E-state index in [1.807, 2.05) is 45.0 Å². The predicted molar refractivity (Wildman–Crippen MR) is 116 cm³/mol. The van der Waals surface area contributed by atoms with Crippen LogP contribution in [0.4, 0.5) is 5.69 Å². The third-order valence-corrected chi connectivity index (χ3v) is 7.24. The maximum atomic E-state index is 12.6. The summed E-state index contributed by atoms with van der Waals surface area (Å²) in [6.45, 7) is 6.29. The van der Waals surface area contributed by atoms with Gasteiger partial charge in [0.2, 0.25) is 10.0 Å². The highest BCUT2D eigenvalue weighted by Gasteiger charge is 2.38. The number of hydrogen-bond donors (Lipinski definition) is 2. The van der Waals surface area contributed by atoms with Crippen molar-refractivity contribution < 1.29 is 13.2 Å². The van der Waals surface area contributed by atoms with E-state index in [2.05, 4.69) is 34.3 Å². The van der Waals surface area contributed by atoms with E-state index in [1.165, 1.54) is 5.56 Å². The zero-order valence-electron chi connectivity index (χ0n) is 17.1. The van der Waals surface area contributed by atoms with Gasteiger partial charge in [-0.15, -0.1) is 0 Å². The first-order valence-electron chi connectivity index (χ1n) is 10.2. The van der Waals surface area contributed by atoms with Gasteiger partial charge in [0.25, 0.3) is 0 Å². The first-order valence-corrected chi connectivity index (χ1v) is 11.7. The Bertz CT molecular complexity index is 1010. The van der Waals surface area contributed by atoms with Crippen molar-refractivity contribution >= 4 is 15.7 Å². The van der Waals surface area contributed by atoms with E-state index in [0.717, 1.165) is 23.4 Å². The minimum absolute atomic E-state index is 0.141. The van der Waals surface area contributed by atoms with Gasteiger partial charge in [-0.3, -0.25) is 0 Å². The molecule has 0 spiro atoms. The Morgan fingerprint density at radius 3 is 2.62 bits per heavy atom. The largest absolute Gasteiger partial charge is 0.494 e. The van der Waals surface area contributed by atoms with Crippen LogP contribution in [0.25, 0.3) is 0 Å². The first kappa shape index (κ1) is 20.0. The van der Waals surface area contributed by atoms with Gasteiger partial charge in [-0.25, -0.2) is 13.1 Å². The van der Waals surface area contributed by atoms with Gasteiger partial charge in [0.05, 0.1) is 17.5 Å². The SMILES string of the molecule is CCOc1ccc(C2Nc3ccc(S(=O)(=O)NC(C)C)cc3C3C=CCC32)cc1. The van der Waals surface area contributed by atoms with Crippen LogP contribution in [-0.2, 0) is 10.0 Å². The molecule has 0 amide bonds. The Labute approximate surface area is 173 Å². The molecule has 0 saturated heterocycles. The van der Waals surface area contributed by atoms with Crippen LogP contribution in [0.5, 0.6) is 5.75 Å². The van der Waals surface area contributed by atoms with Crippen molar-refractivity contribution in [3.05, 3.63) is 65.7 Å². The Morgan fingerprint density at radius 2 is 1.93 bits per heavy atom.